The number of nitrogens with one attached hydrogen (secondary N) is 2. The maximum Gasteiger partial charge on any atom is 0.0595 e. The first kappa shape index (κ1) is 16.6. The first-order valence-corrected chi connectivity index (χ1v) is 9.18. The summed E-state index contributed by atoms with van der Waals surface area (Å²) in [6, 6.07) is 13.0. The van der Waals surface area contributed by atoms with Crippen LogP contribution < -0.4 is 5.32 Å². The second-order valence-corrected chi connectivity index (χ2v) is 7.29. The highest BCUT2D eigenvalue weighted by Gasteiger charge is 2.28. The molecule has 0 saturated carbocycles. The summed E-state index contributed by atoms with van der Waals surface area (Å²) < 4.78 is 0. The zero-order valence-corrected chi connectivity index (χ0v) is 15.4. The summed E-state index contributed by atoms with van der Waals surface area (Å²) in [5, 5.41) is 11.6. The fourth-order valence-corrected chi connectivity index (χ4v) is 4.11. The van der Waals surface area contributed by atoms with E-state index in [1.807, 2.05) is 31.6 Å². The zero-order valence-electron chi connectivity index (χ0n) is 13.9. The van der Waals surface area contributed by atoms with Gasteiger partial charge in [0, 0.05) is 23.7 Å². The third-order valence-corrected chi connectivity index (χ3v) is 5.85. The van der Waals surface area contributed by atoms with Crippen molar-refractivity contribution in [2.75, 3.05) is 7.05 Å². The fourth-order valence-electron chi connectivity index (χ4n) is 3.80. The van der Waals surface area contributed by atoms with Gasteiger partial charge in [-0.05, 0) is 60.3 Å². The topological polar surface area (TPSA) is 40.7 Å². The van der Waals surface area contributed by atoms with Gasteiger partial charge in [0.15, 0.2) is 0 Å². The third-order valence-electron chi connectivity index (χ3n) is 5.11. The summed E-state index contributed by atoms with van der Waals surface area (Å²) in [7, 11) is 2.03. The first-order chi connectivity index (χ1) is 12.2. The summed E-state index contributed by atoms with van der Waals surface area (Å²) in [5.74, 6) is 0.341. The highest BCUT2D eigenvalue weighted by atomic mass is 35.5. The van der Waals surface area contributed by atoms with E-state index in [1.165, 1.54) is 22.3 Å². The van der Waals surface area contributed by atoms with Crippen LogP contribution in [0.2, 0.25) is 10.0 Å². The molecule has 3 aromatic rings. The van der Waals surface area contributed by atoms with Crippen molar-refractivity contribution < 1.29 is 0 Å². The minimum atomic E-state index is 0.341. The van der Waals surface area contributed by atoms with E-state index in [1.54, 1.807) is 0 Å². The lowest BCUT2D eigenvalue weighted by Crippen LogP contribution is -2.24. The molecule has 25 heavy (non-hydrogen) atoms. The number of fused-ring (bicyclic) bond motifs is 1. The van der Waals surface area contributed by atoms with Crippen molar-refractivity contribution in [1.82, 2.24) is 15.5 Å². The minimum absolute atomic E-state index is 0.341. The third kappa shape index (κ3) is 3.08. The molecule has 0 saturated heterocycles. The minimum Gasteiger partial charge on any atom is -0.313 e. The molecule has 0 radical (unpaired) electrons. The van der Waals surface area contributed by atoms with Crippen molar-refractivity contribution in [1.29, 1.82) is 0 Å². The summed E-state index contributed by atoms with van der Waals surface area (Å²) in [6.45, 7) is 0. The molecule has 0 amide bonds. The monoisotopic (exact) mass is 371 g/mol. The molecule has 1 heterocycles. The van der Waals surface area contributed by atoms with Crippen LogP contribution in [0.1, 0.15) is 41.5 Å². The van der Waals surface area contributed by atoms with Crippen LogP contribution in [-0.4, -0.2) is 17.2 Å². The van der Waals surface area contributed by atoms with Crippen molar-refractivity contribution in [2.45, 2.75) is 24.8 Å². The highest BCUT2D eigenvalue weighted by Crippen LogP contribution is 2.43. The molecule has 0 aliphatic heterocycles. The van der Waals surface area contributed by atoms with E-state index >= 15 is 0 Å². The molecule has 1 aliphatic rings. The molecule has 3 nitrogen and oxygen atoms in total. The number of aromatic nitrogens is 2. The van der Waals surface area contributed by atoms with E-state index < -0.39 is 0 Å². The average molecular weight is 372 g/mol. The highest BCUT2D eigenvalue weighted by molar-refractivity contribution is 6.42. The van der Waals surface area contributed by atoms with Gasteiger partial charge in [0.25, 0.3) is 0 Å². The van der Waals surface area contributed by atoms with Crippen LogP contribution in [0.25, 0.3) is 11.1 Å². The van der Waals surface area contributed by atoms with E-state index in [9.17, 15) is 0 Å². The van der Waals surface area contributed by atoms with Crippen LogP contribution in [0.5, 0.6) is 0 Å². The molecule has 128 valence electrons. The predicted octanol–water partition coefficient (Wildman–Crippen LogP) is 5.57. The van der Waals surface area contributed by atoms with Gasteiger partial charge in [0.2, 0.25) is 0 Å². The number of hydrogen-bond acceptors (Lipinski definition) is 2. The second kappa shape index (κ2) is 6.83. The van der Waals surface area contributed by atoms with Crippen molar-refractivity contribution in [3.05, 3.63) is 75.5 Å². The number of H-pyrrole nitrogens is 1. The molecule has 0 spiro atoms. The van der Waals surface area contributed by atoms with Crippen LogP contribution in [0, 0.1) is 0 Å². The quantitative estimate of drug-likeness (QED) is 0.631. The van der Waals surface area contributed by atoms with E-state index in [2.05, 4.69) is 39.8 Å². The number of hydrogen-bond donors (Lipinski definition) is 2. The number of nitrogens with zero attached hydrogens (tertiary/aromatic N) is 1. The van der Waals surface area contributed by atoms with Gasteiger partial charge in [-0.25, -0.2) is 0 Å². The summed E-state index contributed by atoms with van der Waals surface area (Å²) >= 11 is 12.3. The number of halogens is 2. The Hall–Kier alpha value is -1.81. The van der Waals surface area contributed by atoms with Crippen molar-refractivity contribution >= 4 is 23.2 Å². The molecule has 0 fully saturated rings. The van der Waals surface area contributed by atoms with Gasteiger partial charge in [-0.1, -0.05) is 41.4 Å². The summed E-state index contributed by atoms with van der Waals surface area (Å²) in [4.78, 5) is 0. The Balaban J connectivity index is 1.80. The SMILES string of the molecule is CNC1CCC(c2ccc(Cl)c(Cl)c2)c2ccc(-c3cn[nH]c3)cc21. The Labute approximate surface area is 157 Å². The lowest BCUT2D eigenvalue weighted by Gasteiger charge is -2.32. The Morgan fingerprint density at radius 1 is 1.00 bits per heavy atom. The first-order valence-electron chi connectivity index (χ1n) is 8.42. The molecular formula is C20H19Cl2N3. The van der Waals surface area contributed by atoms with Crippen molar-refractivity contribution in [3.8, 4) is 11.1 Å². The molecule has 2 atom stereocenters. The van der Waals surface area contributed by atoms with Gasteiger partial charge in [0.1, 0.15) is 0 Å². The molecule has 2 N–H and O–H groups in total. The fraction of sp³-hybridized carbons (Fsp3) is 0.250. The maximum absolute atomic E-state index is 6.25. The summed E-state index contributed by atoms with van der Waals surface area (Å²) in [6.07, 6.45) is 5.95. The predicted molar refractivity (Wildman–Crippen MR) is 103 cm³/mol. The number of rotatable bonds is 3. The Bertz CT molecular complexity index is 890. The number of aromatic amines is 1. The molecule has 2 unspecified atom stereocenters. The standard InChI is InChI=1S/C20H19Cl2N3/c1-23-20-7-5-15(13-3-6-18(21)19(22)9-13)16-4-2-12(8-17(16)20)14-10-24-25-11-14/h2-4,6,8-11,15,20,23H,5,7H2,1H3,(H,24,25). The van der Waals surface area contributed by atoms with Gasteiger partial charge < -0.3 is 5.32 Å². The van der Waals surface area contributed by atoms with Crippen LogP contribution in [0.4, 0.5) is 0 Å². The molecule has 4 rings (SSSR count). The van der Waals surface area contributed by atoms with Crippen LogP contribution >= 0.6 is 23.2 Å². The average Bonchev–Trinajstić information content (AvgIpc) is 3.17. The van der Waals surface area contributed by atoms with Gasteiger partial charge in [-0.15, -0.1) is 0 Å². The van der Waals surface area contributed by atoms with Gasteiger partial charge in [0.05, 0.1) is 16.2 Å². The molecule has 1 aromatic heterocycles. The molecule has 0 bridgehead atoms. The molecular weight excluding hydrogens is 353 g/mol. The van der Waals surface area contributed by atoms with Gasteiger partial charge in [-0.3, -0.25) is 5.10 Å². The largest absolute Gasteiger partial charge is 0.313 e. The second-order valence-electron chi connectivity index (χ2n) is 6.48. The normalized spacial score (nSPS) is 19.6. The van der Waals surface area contributed by atoms with E-state index in [4.69, 9.17) is 23.2 Å². The smallest absolute Gasteiger partial charge is 0.0595 e. The van der Waals surface area contributed by atoms with Gasteiger partial charge in [-0.2, -0.15) is 5.10 Å². The Morgan fingerprint density at radius 3 is 2.60 bits per heavy atom. The lowest BCUT2D eigenvalue weighted by molar-refractivity contribution is 0.471. The maximum atomic E-state index is 6.25. The number of benzene rings is 2. The lowest BCUT2D eigenvalue weighted by atomic mass is 9.76. The van der Waals surface area contributed by atoms with E-state index in [0.29, 0.717) is 22.0 Å². The van der Waals surface area contributed by atoms with E-state index in [0.717, 1.165) is 18.4 Å². The molecule has 5 heteroatoms. The molecule has 2 aromatic carbocycles. The van der Waals surface area contributed by atoms with Crippen LogP contribution in [0.15, 0.2) is 48.8 Å². The van der Waals surface area contributed by atoms with Crippen molar-refractivity contribution in [2.24, 2.45) is 0 Å². The van der Waals surface area contributed by atoms with Crippen LogP contribution in [0.3, 0.4) is 0 Å². The summed E-state index contributed by atoms with van der Waals surface area (Å²) in [5.41, 5.74) is 6.22. The Kier molecular flexibility index (Phi) is 4.55. The van der Waals surface area contributed by atoms with Crippen LogP contribution in [-0.2, 0) is 0 Å². The molecule has 1 aliphatic carbocycles. The van der Waals surface area contributed by atoms with Crippen molar-refractivity contribution in [3.63, 3.8) is 0 Å². The zero-order chi connectivity index (χ0) is 17.4. The Morgan fingerprint density at radius 2 is 1.88 bits per heavy atom. The van der Waals surface area contributed by atoms with Gasteiger partial charge >= 0.3 is 0 Å². The van der Waals surface area contributed by atoms with E-state index in [-0.39, 0.29) is 0 Å².